The summed E-state index contributed by atoms with van der Waals surface area (Å²) in [6.45, 7) is 4.03. The molecule has 0 aliphatic heterocycles. The van der Waals surface area contributed by atoms with E-state index < -0.39 is 0 Å². The van der Waals surface area contributed by atoms with Crippen LogP contribution in [-0.2, 0) is 6.61 Å². The molecule has 0 fully saturated rings. The maximum Gasteiger partial charge on any atom is 0.229 e. The van der Waals surface area contributed by atoms with Crippen molar-refractivity contribution < 1.29 is 18.8 Å². The van der Waals surface area contributed by atoms with Gasteiger partial charge in [0.1, 0.15) is 0 Å². The van der Waals surface area contributed by atoms with Gasteiger partial charge in [-0.25, -0.2) is 0 Å². The number of hydrogen-bond acceptors (Lipinski definition) is 6. The number of carbonyl (C=O) groups excluding carboxylic acids is 1. The molecule has 1 aromatic carbocycles. The number of methoxy groups -OCH3 is 1. The minimum atomic E-state index is 0.109. The van der Waals surface area contributed by atoms with Crippen molar-refractivity contribution >= 4 is 6.29 Å². The van der Waals surface area contributed by atoms with Crippen LogP contribution in [0.15, 0.2) is 22.7 Å². The summed E-state index contributed by atoms with van der Waals surface area (Å²) in [4.78, 5) is 15.2. The van der Waals surface area contributed by atoms with Crippen molar-refractivity contribution in [3.05, 3.63) is 35.5 Å². The minimum absolute atomic E-state index is 0.109. The van der Waals surface area contributed by atoms with Crippen molar-refractivity contribution in [2.45, 2.75) is 26.4 Å². The van der Waals surface area contributed by atoms with Crippen LogP contribution in [-0.4, -0.2) is 23.5 Å². The number of hydrogen-bond donors (Lipinski definition) is 0. The van der Waals surface area contributed by atoms with Crippen molar-refractivity contribution in [1.29, 1.82) is 0 Å². The molecule has 1 heterocycles. The molecule has 0 N–H and O–H groups in total. The van der Waals surface area contributed by atoms with Crippen molar-refractivity contribution in [3.63, 3.8) is 0 Å². The Morgan fingerprint density at radius 2 is 2.20 bits per heavy atom. The summed E-state index contributed by atoms with van der Waals surface area (Å²) in [5.41, 5.74) is 0.414. The lowest BCUT2D eigenvalue weighted by Gasteiger charge is -2.10. The predicted octanol–water partition coefficient (Wildman–Crippen LogP) is 2.59. The van der Waals surface area contributed by atoms with Gasteiger partial charge in [-0.3, -0.25) is 4.79 Å². The normalized spacial score (nSPS) is 10.6. The molecule has 0 bridgehead atoms. The maximum absolute atomic E-state index is 11.0. The van der Waals surface area contributed by atoms with E-state index in [-0.39, 0.29) is 12.5 Å². The number of para-hydroxylation sites is 1. The third-order valence-corrected chi connectivity index (χ3v) is 2.68. The van der Waals surface area contributed by atoms with Gasteiger partial charge < -0.3 is 14.0 Å². The average Bonchev–Trinajstić information content (AvgIpc) is 2.93. The summed E-state index contributed by atoms with van der Waals surface area (Å²) in [6.07, 6.45) is 0.716. The minimum Gasteiger partial charge on any atom is -0.493 e. The Balaban J connectivity index is 2.15. The smallest absolute Gasteiger partial charge is 0.229 e. The lowest BCUT2D eigenvalue weighted by Crippen LogP contribution is -2.02. The number of aldehydes is 1. The Kier molecular flexibility index (Phi) is 4.34. The van der Waals surface area contributed by atoms with E-state index in [0.29, 0.717) is 35.1 Å². The summed E-state index contributed by atoms with van der Waals surface area (Å²) in [5.74, 6) is 2.01. The van der Waals surface area contributed by atoms with Crippen LogP contribution in [0.5, 0.6) is 11.5 Å². The maximum atomic E-state index is 11.0. The SMILES string of the molecule is COc1cccc(C=O)c1OCc1noc(C(C)C)n1. The second kappa shape index (κ2) is 6.18. The standard InChI is InChI=1S/C14H16N2O4/c1-9(2)14-15-12(16-20-14)8-19-13-10(7-17)5-4-6-11(13)18-3/h4-7,9H,8H2,1-3H3. The van der Waals surface area contributed by atoms with Gasteiger partial charge in [0.05, 0.1) is 12.7 Å². The second-order valence-corrected chi connectivity index (χ2v) is 4.49. The fourth-order valence-corrected chi connectivity index (χ4v) is 1.64. The largest absolute Gasteiger partial charge is 0.493 e. The molecule has 0 unspecified atom stereocenters. The Morgan fingerprint density at radius 1 is 1.40 bits per heavy atom. The molecule has 2 rings (SSSR count). The van der Waals surface area contributed by atoms with Gasteiger partial charge >= 0.3 is 0 Å². The van der Waals surface area contributed by atoms with E-state index in [1.165, 1.54) is 7.11 Å². The highest BCUT2D eigenvalue weighted by molar-refractivity contribution is 5.81. The van der Waals surface area contributed by atoms with E-state index in [1.807, 2.05) is 13.8 Å². The van der Waals surface area contributed by atoms with Crippen molar-refractivity contribution in [1.82, 2.24) is 10.1 Å². The molecule has 0 saturated carbocycles. The Labute approximate surface area is 116 Å². The lowest BCUT2D eigenvalue weighted by atomic mass is 10.2. The molecule has 0 amide bonds. The van der Waals surface area contributed by atoms with Gasteiger partial charge in [-0.05, 0) is 12.1 Å². The van der Waals surface area contributed by atoms with E-state index >= 15 is 0 Å². The molecule has 0 atom stereocenters. The summed E-state index contributed by atoms with van der Waals surface area (Å²) < 4.78 is 15.8. The number of carbonyl (C=O) groups is 1. The first-order valence-corrected chi connectivity index (χ1v) is 6.23. The average molecular weight is 276 g/mol. The van der Waals surface area contributed by atoms with Gasteiger partial charge in [0.2, 0.25) is 11.7 Å². The molecule has 0 aliphatic rings. The van der Waals surface area contributed by atoms with Crippen molar-refractivity contribution in [2.75, 3.05) is 7.11 Å². The molecular weight excluding hydrogens is 260 g/mol. The molecule has 6 heteroatoms. The summed E-state index contributed by atoms with van der Waals surface area (Å²) in [7, 11) is 1.52. The van der Waals surface area contributed by atoms with Gasteiger partial charge in [0.15, 0.2) is 24.4 Å². The molecule has 2 aromatic rings. The molecule has 106 valence electrons. The first kappa shape index (κ1) is 14.0. The Bertz CT molecular complexity index is 593. The summed E-state index contributed by atoms with van der Waals surface area (Å²) in [5, 5.41) is 3.82. The van der Waals surface area contributed by atoms with E-state index in [9.17, 15) is 4.79 Å². The fourth-order valence-electron chi connectivity index (χ4n) is 1.64. The van der Waals surface area contributed by atoms with Gasteiger partial charge in [-0.1, -0.05) is 25.1 Å². The van der Waals surface area contributed by atoms with E-state index in [4.69, 9.17) is 14.0 Å². The van der Waals surface area contributed by atoms with Crippen LogP contribution >= 0.6 is 0 Å². The highest BCUT2D eigenvalue weighted by Crippen LogP contribution is 2.30. The number of benzene rings is 1. The highest BCUT2D eigenvalue weighted by Gasteiger charge is 2.14. The molecule has 0 radical (unpaired) electrons. The molecule has 0 spiro atoms. The monoisotopic (exact) mass is 276 g/mol. The van der Waals surface area contributed by atoms with Gasteiger partial charge in [0.25, 0.3) is 0 Å². The molecule has 0 aliphatic carbocycles. The number of nitrogens with zero attached hydrogens (tertiary/aromatic N) is 2. The highest BCUT2D eigenvalue weighted by atomic mass is 16.5. The van der Waals surface area contributed by atoms with Crippen molar-refractivity contribution in [3.8, 4) is 11.5 Å². The number of aromatic nitrogens is 2. The third-order valence-electron chi connectivity index (χ3n) is 2.68. The first-order valence-electron chi connectivity index (χ1n) is 6.23. The van der Waals surface area contributed by atoms with E-state index in [1.54, 1.807) is 18.2 Å². The van der Waals surface area contributed by atoms with Crippen LogP contribution in [0.4, 0.5) is 0 Å². The third kappa shape index (κ3) is 2.96. The van der Waals surface area contributed by atoms with Gasteiger partial charge in [0, 0.05) is 5.92 Å². The predicted molar refractivity (Wildman–Crippen MR) is 71.1 cm³/mol. The topological polar surface area (TPSA) is 74.5 Å². The van der Waals surface area contributed by atoms with Crippen LogP contribution in [0.1, 0.15) is 41.8 Å². The molecule has 0 saturated heterocycles. The molecule has 20 heavy (non-hydrogen) atoms. The van der Waals surface area contributed by atoms with Crippen LogP contribution in [0.3, 0.4) is 0 Å². The molecule has 6 nitrogen and oxygen atoms in total. The second-order valence-electron chi connectivity index (χ2n) is 4.49. The summed E-state index contributed by atoms with van der Waals surface area (Å²) >= 11 is 0. The number of ether oxygens (including phenoxy) is 2. The van der Waals surface area contributed by atoms with Crippen LogP contribution in [0, 0.1) is 0 Å². The number of rotatable bonds is 6. The summed E-state index contributed by atoms with van der Waals surface area (Å²) in [6, 6.07) is 5.10. The Morgan fingerprint density at radius 3 is 2.80 bits per heavy atom. The molecule has 1 aromatic heterocycles. The van der Waals surface area contributed by atoms with Crippen molar-refractivity contribution in [2.24, 2.45) is 0 Å². The van der Waals surface area contributed by atoms with Crippen LogP contribution in [0.2, 0.25) is 0 Å². The van der Waals surface area contributed by atoms with E-state index in [2.05, 4.69) is 10.1 Å². The van der Waals surface area contributed by atoms with Crippen LogP contribution in [0.25, 0.3) is 0 Å². The Hall–Kier alpha value is -2.37. The lowest BCUT2D eigenvalue weighted by molar-refractivity contribution is 0.111. The zero-order valence-electron chi connectivity index (χ0n) is 11.6. The zero-order chi connectivity index (χ0) is 14.5. The van der Waals surface area contributed by atoms with E-state index in [0.717, 1.165) is 0 Å². The fraction of sp³-hybridized carbons (Fsp3) is 0.357. The molecular formula is C14H16N2O4. The zero-order valence-corrected chi connectivity index (χ0v) is 11.6. The first-order chi connectivity index (χ1) is 9.65. The van der Waals surface area contributed by atoms with Gasteiger partial charge in [-0.15, -0.1) is 0 Å². The van der Waals surface area contributed by atoms with Crippen LogP contribution < -0.4 is 9.47 Å². The van der Waals surface area contributed by atoms with Gasteiger partial charge in [-0.2, -0.15) is 4.98 Å². The quantitative estimate of drug-likeness (QED) is 0.755.